The Morgan fingerprint density at radius 1 is 1.08 bits per heavy atom. The van der Waals surface area contributed by atoms with Gasteiger partial charge in [0.25, 0.3) is 0 Å². The minimum Gasteiger partial charge on any atom is -0.358 e. The summed E-state index contributed by atoms with van der Waals surface area (Å²) in [6.07, 6.45) is 1.68. The van der Waals surface area contributed by atoms with Gasteiger partial charge in [0.15, 0.2) is 0 Å². The Morgan fingerprint density at radius 2 is 1.50 bits per heavy atom. The normalized spacial score (nSPS) is 9.33. The first kappa shape index (κ1) is 7.98. The Labute approximate surface area is 65.2 Å². The number of nitrogens with zero attached hydrogens (tertiary/aromatic N) is 4. The summed E-state index contributed by atoms with van der Waals surface area (Å²) < 4.78 is 0. The molecule has 0 aliphatic heterocycles. The zero-order valence-corrected chi connectivity index (χ0v) is 5.58. The predicted molar refractivity (Wildman–Crippen MR) is 35.3 cm³/mol. The van der Waals surface area contributed by atoms with E-state index in [0.717, 1.165) is 12.4 Å². The fourth-order valence-electron chi connectivity index (χ4n) is 0.522. The van der Waals surface area contributed by atoms with Gasteiger partial charge in [-0.2, -0.15) is 0 Å². The number of hydrogen-bond donors (Lipinski definition) is 0. The first-order valence-corrected chi connectivity index (χ1v) is 2.72. The lowest BCUT2D eigenvalue weighted by Crippen LogP contribution is -1.97. The maximum Gasteiger partial charge on any atom is 0.386 e. The third kappa shape index (κ3) is 1.48. The van der Waals surface area contributed by atoms with Crippen molar-refractivity contribution in [3.63, 3.8) is 0 Å². The third-order valence-corrected chi connectivity index (χ3v) is 0.983. The van der Waals surface area contributed by atoms with Crippen molar-refractivity contribution >= 4 is 11.6 Å². The molecule has 12 heavy (non-hydrogen) atoms. The molecule has 0 aromatic carbocycles. The molecule has 0 N–H and O–H groups in total. The number of hydrogen-bond acceptors (Lipinski definition) is 6. The van der Waals surface area contributed by atoms with Gasteiger partial charge in [-0.15, -0.1) is 0 Å². The van der Waals surface area contributed by atoms with Crippen molar-refractivity contribution in [2.45, 2.75) is 0 Å². The summed E-state index contributed by atoms with van der Waals surface area (Å²) in [5.41, 5.74) is 0. The van der Waals surface area contributed by atoms with Crippen molar-refractivity contribution in [3.8, 4) is 0 Å². The van der Waals surface area contributed by atoms with Gasteiger partial charge in [-0.1, -0.05) is 0 Å². The van der Waals surface area contributed by atoms with Gasteiger partial charge in [-0.25, -0.2) is 4.98 Å². The standard InChI is InChI=1S/C4H2N4O4/c9-7(10)3-1-5-2-4(6-3)8(11)12/h1-2H. The van der Waals surface area contributed by atoms with E-state index in [1.807, 2.05) is 0 Å². The molecule has 1 rings (SSSR count). The first-order chi connectivity index (χ1) is 5.61. The van der Waals surface area contributed by atoms with E-state index in [9.17, 15) is 20.2 Å². The summed E-state index contributed by atoms with van der Waals surface area (Å²) in [6.45, 7) is 0. The van der Waals surface area contributed by atoms with Crippen molar-refractivity contribution in [1.82, 2.24) is 9.97 Å². The lowest BCUT2D eigenvalue weighted by molar-refractivity contribution is -0.403. The molecule has 0 fully saturated rings. The Bertz CT molecular complexity index is 308. The highest BCUT2D eigenvalue weighted by Crippen LogP contribution is 2.09. The second-order valence-electron chi connectivity index (χ2n) is 1.75. The first-order valence-electron chi connectivity index (χ1n) is 2.72. The van der Waals surface area contributed by atoms with Gasteiger partial charge in [0.1, 0.15) is 12.4 Å². The monoisotopic (exact) mass is 170 g/mol. The Morgan fingerprint density at radius 3 is 1.83 bits per heavy atom. The van der Waals surface area contributed by atoms with Crippen molar-refractivity contribution < 1.29 is 9.85 Å². The molecule has 1 heterocycles. The van der Waals surface area contributed by atoms with E-state index in [4.69, 9.17) is 0 Å². The third-order valence-electron chi connectivity index (χ3n) is 0.983. The minimum atomic E-state index is -0.847. The average Bonchev–Trinajstić information content (AvgIpc) is 2.04. The second kappa shape index (κ2) is 2.86. The largest absolute Gasteiger partial charge is 0.386 e. The molecular formula is C4H2N4O4. The highest BCUT2D eigenvalue weighted by molar-refractivity contribution is 5.22. The SMILES string of the molecule is O=[N+]([O-])c1cncc([N+](=O)[O-])n1. The Balaban J connectivity index is 3.12. The predicted octanol–water partition coefficient (Wildman–Crippen LogP) is 0.293. The summed E-state index contributed by atoms with van der Waals surface area (Å²) in [5, 5.41) is 20.1. The van der Waals surface area contributed by atoms with Crippen molar-refractivity contribution in [2.75, 3.05) is 0 Å². The maximum absolute atomic E-state index is 10.1. The lowest BCUT2D eigenvalue weighted by Gasteiger charge is -1.91. The molecule has 8 heteroatoms. The molecule has 0 saturated heterocycles. The molecule has 0 amide bonds. The molecule has 0 spiro atoms. The molecule has 8 nitrogen and oxygen atoms in total. The summed E-state index contributed by atoms with van der Waals surface area (Å²) in [6, 6.07) is 0. The Hall–Kier alpha value is -2.12. The van der Waals surface area contributed by atoms with Crippen LogP contribution in [0.25, 0.3) is 0 Å². The van der Waals surface area contributed by atoms with Crippen LogP contribution < -0.4 is 0 Å². The van der Waals surface area contributed by atoms with Crippen LogP contribution in [0, 0.1) is 20.2 Å². The van der Waals surface area contributed by atoms with Crippen LogP contribution in [-0.2, 0) is 0 Å². The van der Waals surface area contributed by atoms with E-state index in [2.05, 4.69) is 9.97 Å². The van der Waals surface area contributed by atoms with E-state index in [0.29, 0.717) is 0 Å². The van der Waals surface area contributed by atoms with E-state index in [-0.39, 0.29) is 0 Å². The van der Waals surface area contributed by atoms with Gasteiger partial charge in [-0.05, 0) is 9.85 Å². The fraction of sp³-hybridized carbons (Fsp3) is 0. The van der Waals surface area contributed by atoms with Crippen LogP contribution >= 0.6 is 0 Å². The van der Waals surface area contributed by atoms with Crippen molar-refractivity contribution in [1.29, 1.82) is 0 Å². The number of rotatable bonds is 2. The molecule has 62 valence electrons. The summed E-state index contributed by atoms with van der Waals surface area (Å²) in [4.78, 5) is 24.8. The van der Waals surface area contributed by atoms with Gasteiger partial charge in [-0.3, -0.25) is 0 Å². The molecule has 0 radical (unpaired) electrons. The molecule has 1 aromatic rings. The average molecular weight is 170 g/mol. The zero-order chi connectivity index (χ0) is 9.14. The fourth-order valence-corrected chi connectivity index (χ4v) is 0.522. The zero-order valence-electron chi connectivity index (χ0n) is 5.58. The van der Waals surface area contributed by atoms with E-state index >= 15 is 0 Å². The van der Waals surface area contributed by atoms with Crippen LogP contribution in [0.3, 0.4) is 0 Å². The summed E-state index contributed by atoms with van der Waals surface area (Å²) in [5.74, 6) is -1.27. The van der Waals surface area contributed by atoms with Crippen LogP contribution in [0.2, 0.25) is 0 Å². The topological polar surface area (TPSA) is 112 Å². The smallest absolute Gasteiger partial charge is 0.358 e. The highest BCUT2D eigenvalue weighted by Gasteiger charge is 2.13. The highest BCUT2D eigenvalue weighted by atomic mass is 16.6. The van der Waals surface area contributed by atoms with Crippen LogP contribution in [-0.4, -0.2) is 19.8 Å². The van der Waals surface area contributed by atoms with E-state index in [1.165, 1.54) is 0 Å². The summed E-state index contributed by atoms with van der Waals surface area (Å²) >= 11 is 0. The molecule has 0 bridgehead atoms. The number of aromatic nitrogens is 2. The molecule has 0 atom stereocenters. The maximum atomic E-state index is 10.1. The van der Waals surface area contributed by atoms with Crippen LogP contribution in [0.1, 0.15) is 0 Å². The molecule has 0 aliphatic carbocycles. The van der Waals surface area contributed by atoms with Crippen LogP contribution in [0.4, 0.5) is 11.6 Å². The van der Waals surface area contributed by atoms with Crippen molar-refractivity contribution in [3.05, 3.63) is 32.6 Å². The molecular weight excluding hydrogens is 168 g/mol. The Kier molecular flexibility index (Phi) is 1.90. The second-order valence-corrected chi connectivity index (χ2v) is 1.75. The molecule has 0 saturated carbocycles. The van der Waals surface area contributed by atoms with E-state index < -0.39 is 21.5 Å². The van der Waals surface area contributed by atoms with Crippen LogP contribution in [0.5, 0.6) is 0 Å². The van der Waals surface area contributed by atoms with Gasteiger partial charge in [0.2, 0.25) is 0 Å². The molecule has 1 aromatic heterocycles. The van der Waals surface area contributed by atoms with Gasteiger partial charge in [0, 0.05) is 4.98 Å². The summed E-state index contributed by atoms with van der Waals surface area (Å²) in [7, 11) is 0. The van der Waals surface area contributed by atoms with E-state index in [1.54, 1.807) is 0 Å². The van der Waals surface area contributed by atoms with Crippen molar-refractivity contribution in [2.24, 2.45) is 0 Å². The van der Waals surface area contributed by atoms with Gasteiger partial charge in [0.05, 0.1) is 0 Å². The molecule has 0 aliphatic rings. The minimum absolute atomic E-state index is 0.635. The van der Waals surface area contributed by atoms with Crippen LogP contribution in [0.15, 0.2) is 12.4 Å². The van der Waals surface area contributed by atoms with Gasteiger partial charge < -0.3 is 20.2 Å². The molecule has 0 unspecified atom stereocenters. The quantitative estimate of drug-likeness (QED) is 0.465. The number of nitro groups is 2. The lowest BCUT2D eigenvalue weighted by atomic mass is 10.6. The van der Waals surface area contributed by atoms with Gasteiger partial charge >= 0.3 is 11.6 Å².